The molecule has 1 amide bonds. The van der Waals surface area contributed by atoms with Gasteiger partial charge in [-0.1, -0.05) is 11.6 Å². The Kier molecular flexibility index (Phi) is 3.86. The highest BCUT2D eigenvalue weighted by atomic mass is 35.5. The molecule has 2 rings (SSSR count). The van der Waals surface area contributed by atoms with Crippen molar-refractivity contribution in [3.05, 3.63) is 28.8 Å². The third-order valence-corrected chi connectivity index (χ3v) is 3.12. The lowest BCUT2D eigenvalue weighted by molar-refractivity contribution is -0.122. The highest BCUT2D eigenvalue weighted by Gasteiger charge is 2.17. The first-order valence-electron chi connectivity index (χ1n) is 5.62. The summed E-state index contributed by atoms with van der Waals surface area (Å²) in [6.07, 6.45) is 1.38. The predicted octanol–water partition coefficient (Wildman–Crippen LogP) is 1.41. The number of phenolic OH excluding ortho intramolecular Hbond substituents is 1. The van der Waals surface area contributed by atoms with E-state index in [-0.39, 0.29) is 17.7 Å². The fraction of sp³-hybridized carbons (Fsp3) is 0.417. The Labute approximate surface area is 105 Å². The lowest BCUT2D eigenvalue weighted by Crippen LogP contribution is -2.45. The average molecular weight is 255 g/mol. The van der Waals surface area contributed by atoms with Gasteiger partial charge in [0.2, 0.25) is 5.91 Å². The highest BCUT2D eigenvalue weighted by molar-refractivity contribution is 6.30. The summed E-state index contributed by atoms with van der Waals surface area (Å²) in [6.45, 7) is 1.19. The van der Waals surface area contributed by atoms with Crippen molar-refractivity contribution in [2.45, 2.75) is 25.4 Å². The summed E-state index contributed by atoms with van der Waals surface area (Å²) < 4.78 is 0. The standard InChI is InChI=1S/C12H15ClN2O2/c13-9-1-3-11(16)8(5-9)6-14-10-2-4-12(17)15-7-10/h1,3,5,10,14,16H,2,4,6-7H2,(H,15,17). The molecule has 1 saturated heterocycles. The summed E-state index contributed by atoms with van der Waals surface area (Å²) in [5.74, 6) is 0.343. The summed E-state index contributed by atoms with van der Waals surface area (Å²) in [5.41, 5.74) is 0.773. The van der Waals surface area contributed by atoms with Gasteiger partial charge in [0.25, 0.3) is 0 Å². The topological polar surface area (TPSA) is 61.4 Å². The molecule has 1 aliphatic heterocycles. The third kappa shape index (κ3) is 3.35. The van der Waals surface area contributed by atoms with Gasteiger partial charge in [-0.05, 0) is 24.6 Å². The Bertz CT molecular complexity index is 413. The fourth-order valence-electron chi connectivity index (χ4n) is 1.86. The van der Waals surface area contributed by atoms with Crippen molar-refractivity contribution in [1.82, 2.24) is 10.6 Å². The van der Waals surface area contributed by atoms with Crippen LogP contribution in [-0.2, 0) is 11.3 Å². The second kappa shape index (κ2) is 5.38. The number of rotatable bonds is 3. The van der Waals surface area contributed by atoms with Gasteiger partial charge in [-0.2, -0.15) is 0 Å². The van der Waals surface area contributed by atoms with Gasteiger partial charge >= 0.3 is 0 Å². The van der Waals surface area contributed by atoms with E-state index in [4.69, 9.17) is 11.6 Å². The molecule has 1 aromatic carbocycles. The third-order valence-electron chi connectivity index (χ3n) is 2.89. The Hall–Kier alpha value is -1.26. The number of hydrogen-bond acceptors (Lipinski definition) is 3. The SMILES string of the molecule is O=C1CCC(NCc2cc(Cl)ccc2O)CN1. The summed E-state index contributed by atoms with van der Waals surface area (Å²) in [6, 6.07) is 5.24. The maximum atomic E-state index is 11.0. The zero-order valence-corrected chi connectivity index (χ0v) is 10.1. The predicted molar refractivity (Wildman–Crippen MR) is 66.0 cm³/mol. The van der Waals surface area contributed by atoms with Gasteiger partial charge < -0.3 is 15.7 Å². The number of carbonyl (C=O) groups is 1. The van der Waals surface area contributed by atoms with Crippen molar-refractivity contribution >= 4 is 17.5 Å². The first-order chi connectivity index (χ1) is 8.15. The largest absolute Gasteiger partial charge is 0.508 e. The Balaban J connectivity index is 1.89. The maximum Gasteiger partial charge on any atom is 0.220 e. The molecule has 0 spiro atoms. The molecule has 1 fully saturated rings. The normalized spacial score (nSPS) is 20.1. The molecule has 1 unspecified atom stereocenters. The van der Waals surface area contributed by atoms with Crippen molar-refractivity contribution in [1.29, 1.82) is 0 Å². The quantitative estimate of drug-likeness (QED) is 0.765. The molecule has 1 heterocycles. The molecule has 0 aromatic heterocycles. The number of phenols is 1. The van der Waals surface area contributed by atoms with E-state index in [0.717, 1.165) is 12.0 Å². The molecule has 1 aromatic rings. The second-order valence-corrected chi connectivity index (χ2v) is 4.63. The number of carbonyl (C=O) groups excluding carboxylic acids is 1. The van der Waals surface area contributed by atoms with E-state index in [9.17, 15) is 9.90 Å². The Morgan fingerprint density at radius 1 is 1.53 bits per heavy atom. The number of nitrogens with one attached hydrogen (secondary N) is 2. The lowest BCUT2D eigenvalue weighted by Gasteiger charge is -2.23. The van der Waals surface area contributed by atoms with Crippen LogP contribution in [0, 0.1) is 0 Å². The number of hydrogen-bond donors (Lipinski definition) is 3. The molecule has 4 nitrogen and oxygen atoms in total. The van der Waals surface area contributed by atoms with E-state index in [1.807, 2.05) is 0 Å². The molecular formula is C12H15ClN2O2. The summed E-state index contributed by atoms with van der Waals surface area (Å²) >= 11 is 5.86. The molecule has 5 heteroatoms. The van der Waals surface area contributed by atoms with Crippen LogP contribution in [-0.4, -0.2) is 23.6 Å². The van der Waals surface area contributed by atoms with Gasteiger partial charge in [0.15, 0.2) is 0 Å². The van der Waals surface area contributed by atoms with Crippen molar-refractivity contribution in [3.8, 4) is 5.75 Å². The van der Waals surface area contributed by atoms with Crippen LogP contribution in [0.1, 0.15) is 18.4 Å². The molecule has 0 radical (unpaired) electrons. The summed E-state index contributed by atoms with van der Waals surface area (Å²) in [4.78, 5) is 11.0. The van der Waals surface area contributed by atoms with Crippen molar-refractivity contribution in [2.75, 3.05) is 6.54 Å². The molecule has 1 atom stereocenters. The Morgan fingerprint density at radius 2 is 2.35 bits per heavy atom. The van der Waals surface area contributed by atoms with Crippen LogP contribution in [0.4, 0.5) is 0 Å². The maximum absolute atomic E-state index is 11.0. The molecule has 17 heavy (non-hydrogen) atoms. The lowest BCUT2D eigenvalue weighted by atomic mass is 10.1. The van der Waals surface area contributed by atoms with E-state index < -0.39 is 0 Å². The zero-order valence-electron chi connectivity index (χ0n) is 9.37. The molecular weight excluding hydrogens is 240 g/mol. The van der Waals surface area contributed by atoms with Gasteiger partial charge in [0, 0.05) is 36.1 Å². The van der Waals surface area contributed by atoms with Crippen LogP contribution in [0.25, 0.3) is 0 Å². The number of amides is 1. The molecule has 0 saturated carbocycles. The molecule has 0 aliphatic carbocycles. The smallest absolute Gasteiger partial charge is 0.220 e. The average Bonchev–Trinajstić information content (AvgIpc) is 2.32. The van der Waals surface area contributed by atoms with Crippen molar-refractivity contribution < 1.29 is 9.90 Å². The highest BCUT2D eigenvalue weighted by Crippen LogP contribution is 2.21. The van der Waals surface area contributed by atoms with Gasteiger partial charge in [-0.25, -0.2) is 0 Å². The van der Waals surface area contributed by atoms with Gasteiger partial charge in [-0.3, -0.25) is 4.79 Å². The van der Waals surface area contributed by atoms with E-state index in [1.54, 1.807) is 18.2 Å². The summed E-state index contributed by atoms with van der Waals surface area (Å²) in [5, 5.41) is 16.3. The van der Waals surface area contributed by atoms with Crippen LogP contribution in [0.3, 0.4) is 0 Å². The van der Waals surface area contributed by atoms with Gasteiger partial charge in [0.1, 0.15) is 5.75 Å². The van der Waals surface area contributed by atoms with Crippen molar-refractivity contribution in [2.24, 2.45) is 0 Å². The first kappa shape index (κ1) is 12.2. The minimum absolute atomic E-state index is 0.105. The number of halogens is 1. The molecule has 92 valence electrons. The van der Waals surface area contributed by atoms with E-state index >= 15 is 0 Å². The molecule has 1 aliphatic rings. The number of aromatic hydroxyl groups is 1. The Morgan fingerprint density at radius 3 is 3.06 bits per heavy atom. The van der Waals surface area contributed by atoms with Crippen molar-refractivity contribution in [3.63, 3.8) is 0 Å². The van der Waals surface area contributed by atoms with Crippen LogP contribution in [0.15, 0.2) is 18.2 Å². The van der Waals surface area contributed by atoms with E-state index in [2.05, 4.69) is 10.6 Å². The number of benzene rings is 1. The van der Waals surface area contributed by atoms with E-state index in [0.29, 0.717) is 24.5 Å². The molecule has 0 bridgehead atoms. The van der Waals surface area contributed by atoms with Crippen LogP contribution in [0.5, 0.6) is 5.75 Å². The second-order valence-electron chi connectivity index (χ2n) is 4.19. The van der Waals surface area contributed by atoms with Gasteiger partial charge in [0.05, 0.1) is 0 Å². The molecule has 3 N–H and O–H groups in total. The minimum atomic E-state index is 0.105. The minimum Gasteiger partial charge on any atom is -0.508 e. The van der Waals surface area contributed by atoms with Crippen LogP contribution < -0.4 is 10.6 Å². The number of piperidine rings is 1. The van der Waals surface area contributed by atoms with E-state index in [1.165, 1.54) is 0 Å². The zero-order chi connectivity index (χ0) is 12.3. The summed E-state index contributed by atoms with van der Waals surface area (Å²) in [7, 11) is 0. The first-order valence-corrected chi connectivity index (χ1v) is 6.00. The van der Waals surface area contributed by atoms with Crippen LogP contribution >= 0.6 is 11.6 Å². The monoisotopic (exact) mass is 254 g/mol. The fourth-order valence-corrected chi connectivity index (χ4v) is 2.05. The van der Waals surface area contributed by atoms with Crippen LogP contribution in [0.2, 0.25) is 5.02 Å². The van der Waals surface area contributed by atoms with Gasteiger partial charge in [-0.15, -0.1) is 0 Å².